The lowest BCUT2D eigenvalue weighted by Crippen LogP contribution is -2.43. The van der Waals surface area contributed by atoms with Gasteiger partial charge in [-0.15, -0.1) is 0 Å². The second-order valence-corrected chi connectivity index (χ2v) is 6.04. The third kappa shape index (κ3) is 7.04. The molecule has 28 heavy (non-hydrogen) atoms. The van der Waals surface area contributed by atoms with Crippen LogP contribution in [-0.4, -0.2) is 44.3 Å². The van der Waals surface area contributed by atoms with E-state index < -0.39 is 12.0 Å². The minimum atomic E-state index is -0.766. The van der Waals surface area contributed by atoms with Gasteiger partial charge in [-0.2, -0.15) is 0 Å². The van der Waals surface area contributed by atoms with Gasteiger partial charge in [0.15, 0.2) is 0 Å². The zero-order valence-electron chi connectivity index (χ0n) is 16.4. The van der Waals surface area contributed by atoms with Gasteiger partial charge in [-0.05, 0) is 37.6 Å². The summed E-state index contributed by atoms with van der Waals surface area (Å²) in [6, 6.07) is 15.6. The van der Waals surface area contributed by atoms with Gasteiger partial charge in [-0.1, -0.05) is 36.4 Å². The molecule has 1 amide bonds. The first-order valence-electron chi connectivity index (χ1n) is 9.46. The number of carbonyl (C=O) groups excluding carboxylic acids is 2. The number of nitrogens with one attached hydrogen (secondary N) is 1. The van der Waals surface area contributed by atoms with Crippen LogP contribution in [0.2, 0.25) is 0 Å². The molecule has 6 nitrogen and oxygen atoms in total. The van der Waals surface area contributed by atoms with Crippen LogP contribution in [0.4, 0.5) is 0 Å². The molecule has 1 N–H and O–H groups in total. The van der Waals surface area contributed by atoms with E-state index in [1.165, 1.54) is 0 Å². The van der Waals surface area contributed by atoms with Crippen molar-refractivity contribution in [3.05, 3.63) is 65.7 Å². The monoisotopic (exact) mass is 385 g/mol. The van der Waals surface area contributed by atoms with E-state index in [1.54, 1.807) is 31.2 Å². The van der Waals surface area contributed by atoms with Crippen LogP contribution < -0.4 is 10.1 Å². The Bertz CT molecular complexity index is 748. The fourth-order valence-corrected chi connectivity index (χ4v) is 2.62. The Kier molecular flexibility index (Phi) is 9.01. The molecule has 2 rings (SSSR count). The lowest BCUT2D eigenvalue weighted by atomic mass is 10.1. The molecule has 150 valence electrons. The van der Waals surface area contributed by atoms with Gasteiger partial charge in [0.1, 0.15) is 18.4 Å². The average molecular weight is 385 g/mol. The van der Waals surface area contributed by atoms with Gasteiger partial charge in [-0.3, -0.25) is 4.79 Å². The molecule has 0 saturated carbocycles. The molecular weight excluding hydrogens is 358 g/mol. The number of amides is 1. The Balaban J connectivity index is 2.04. The number of hydrogen-bond donors (Lipinski definition) is 1. The van der Waals surface area contributed by atoms with Crippen molar-refractivity contribution in [1.29, 1.82) is 0 Å². The normalized spacial score (nSPS) is 11.5. The molecule has 0 aliphatic carbocycles. The first kappa shape index (κ1) is 21.4. The van der Waals surface area contributed by atoms with Gasteiger partial charge in [0.05, 0.1) is 13.2 Å². The molecule has 0 heterocycles. The molecule has 0 aliphatic rings. The van der Waals surface area contributed by atoms with Crippen LogP contribution in [-0.2, 0) is 20.7 Å². The number of carbonyl (C=O) groups is 2. The van der Waals surface area contributed by atoms with Gasteiger partial charge in [0.2, 0.25) is 0 Å². The average Bonchev–Trinajstić information content (AvgIpc) is 2.72. The highest BCUT2D eigenvalue weighted by Gasteiger charge is 2.23. The molecule has 0 saturated heterocycles. The van der Waals surface area contributed by atoms with E-state index >= 15 is 0 Å². The number of esters is 1. The van der Waals surface area contributed by atoms with E-state index in [4.69, 9.17) is 14.2 Å². The molecule has 2 aromatic rings. The Labute approximate surface area is 165 Å². The van der Waals surface area contributed by atoms with E-state index in [1.807, 2.05) is 37.3 Å². The summed E-state index contributed by atoms with van der Waals surface area (Å²) in [6.45, 7) is 5.42. The molecule has 0 radical (unpaired) electrons. The van der Waals surface area contributed by atoms with Crippen molar-refractivity contribution in [2.45, 2.75) is 26.3 Å². The Hall–Kier alpha value is -2.86. The minimum Gasteiger partial charge on any atom is -0.491 e. The fraction of sp³-hybridized carbons (Fsp3) is 0.364. The van der Waals surface area contributed by atoms with E-state index in [9.17, 15) is 9.59 Å². The van der Waals surface area contributed by atoms with Crippen LogP contribution in [0, 0.1) is 0 Å². The largest absolute Gasteiger partial charge is 0.491 e. The smallest absolute Gasteiger partial charge is 0.328 e. The van der Waals surface area contributed by atoms with Crippen molar-refractivity contribution in [2.24, 2.45) is 0 Å². The van der Waals surface area contributed by atoms with Gasteiger partial charge >= 0.3 is 5.97 Å². The van der Waals surface area contributed by atoms with Crippen LogP contribution in [0.1, 0.15) is 29.8 Å². The Morgan fingerprint density at radius 1 is 0.964 bits per heavy atom. The van der Waals surface area contributed by atoms with E-state index in [-0.39, 0.29) is 12.5 Å². The molecule has 6 heteroatoms. The molecule has 0 spiro atoms. The zero-order valence-corrected chi connectivity index (χ0v) is 16.4. The standard InChI is InChI=1S/C22H27NO5/c1-3-26-13-14-28-19-12-8-11-18(16-19)21(24)23-20(22(25)27-4-2)15-17-9-6-5-7-10-17/h5-12,16,20H,3-4,13-15H2,1-2H3,(H,23,24). The number of hydrogen-bond acceptors (Lipinski definition) is 5. The summed E-state index contributed by atoms with van der Waals surface area (Å²) < 4.78 is 15.9. The molecule has 2 aromatic carbocycles. The second kappa shape index (κ2) is 11.8. The fourth-order valence-electron chi connectivity index (χ4n) is 2.62. The molecule has 1 atom stereocenters. The van der Waals surface area contributed by atoms with Gasteiger partial charge in [0.25, 0.3) is 5.91 Å². The summed E-state index contributed by atoms with van der Waals surface area (Å²) in [5.41, 5.74) is 1.35. The maximum absolute atomic E-state index is 12.7. The van der Waals surface area contributed by atoms with Gasteiger partial charge in [-0.25, -0.2) is 4.79 Å². The van der Waals surface area contributed by atoms with Crippen LogP contribution in [0.5, 0.6) is 5.75 Å². The highest BCUT2D eigenvalue weighted by Crippen LogP contribution is 2.14. The molecule has 1 unspecified atom stereocenters. The Morgan fingerprint density at radius 3 is 2.46 bits per heavy atom. The van der Waals surface area contributed by atoms with Gasteiger partial charge in [0, 0.05) is 18.6 Å². The van der Waals surface area contributed by atoms with E-state index in [0.29, 0.717) is 37.6 Å². The Morgan fingerprint density at radius 2 is 1.75 bits per heavy atom. The number of benzene rings is 2. The first-order valence-corrected chi connectivity index (χ1v) is 9.46. The van der Waals surface area contributed by atoms with Crippen molar-refractivity contribution in [3.63, 3.8) is 0 Å². The quantitative estimate of drug-likeness (QED) is 0.475. The van der Waals surface area contributed by atoms with Crippen molar-refractivity contribution in [3.8, 4) is 5.75 Å². The van der Waals surface area contributed by atoms with Crippen LogP contribution in [0.3, 0.4) is 0 Å². The molecule has 0 aromatic heterocycles. The van der Waals surface area contributed by atoms with Gasteiger partial charge < -0.3 is 19.5 Å². The summed E-state index contributed by atoms with van der Waals surface area (Å²) >= 11 is 0. The number of rotatable bonds is 11. The predicted molar refractivity (Wildman–Crippen MR) is 106 cm³/mol. The highest BCUT2D eigenvalue weighted by molar-refractivity contribution is 5.97. The highest BCUT2D eigenvalue weighted by atomic mass is 16.5. The molecule has 0 fully saturated rings. The zero-order chi connectivity index (χ0) is 20.2. The summed E-state index contributed by atoms with van der Waals surface area (Å²) in [5, 5.41) is 2.78. The van der Waals surface area contributed by atoms with Crippen LogP contribution >= 0.6 is 0 Å². The van der Waals surface area contributed by atoms with E-state index in [0.717, 1.165) is 5.56 Å². The summed E-state index contributed by atoms with van der Waals surface area (Å²) in [7, 11) is 0. The lowest BCUT2D eigenvalue weighted by molar-refractivity contribution is -0.145. The summed E-state index contributed by atoms with van der Waals surface area (Å²) in [5.74, 6) is -0.240. The maximum Gasteiger partial charge on any atom is 0.328 e. The lowest BCUT2D eigenvalue weighted by Gasteiger charge is -2.18. The van der Waals surface area contributed by atoms with Crippen LogP contribution in [0.15, 0.2) is 54.6 Å². The van der Waals surface area contributed by atoms with Crippen molar-refractivity contribution < 1.29 is 23.8 Å². The predicted octanol–water partition coefficient (Wildman–Crippen LogP) is 3.01. The topological polar surface area (TPSA) is 73.9 Å². The SMILES string of the molecule is CCOCCOc1cccc(C(=O)NC(Cc2ccccc2)C(=O)OCC)c1. The van der Waals surface area contributed by atoms with Crippen molar-refractivity contribution in [1.82, 2.24) is 5.32 Å². The summed E-state index contributed by atoms with van der Waals surface area (Å²) in [6.07, 6.45) is 0.357. The molecular formula is C22H27NO5. The van der Waals surface area contributed by atoms with Crippen molar-refractivity contribution in [2.75, 3.05) is 26.4 Å². The van der Waals surface area contributed by atoms with E-state index in [2.05, 4.69) is 5.32 Å². The first-order chi connectivity index (χ1) is 13.6. The van der Waals surface area contributed by atoms with Crippen molar-refractivity contribution >= 4 is 11.9 Å². The maximum atomic E-state index is 12.7. The number of ether oxygens (including phenoxy) is 3. The minimum absolute atomic E-state index is 0.253. The molecule has 0 aliphatic heterocycles. The second-order valence-electron chi connectivity index (χ2n) is 6.04. The van der Waals surface area contributed by atoms with Crippen LogP contribution in [0.25, 0.3) is 0 Å². The third-order valence-electron chi connectivity index (χ3n) is 3.96. The third-order valence-corrected chi connectivity index (χ3v) is 3.96. The summed E-state index contributed by atoms with van der Waals surface area (Å²) in [4.78, 5) is 25.0. The molecule has 0 bridgehead atoms.